The molecule has 14 heteroatoms. The van der Waals surface area contributed by atoms with E-state index >= 15 is 0 Å². The van der Waals surface area contributed by atoms with E-state index in [1.165, 1.54) is 0 Å². The number of nitrogens with zero attached hydrogens (tertiary/aromatic N) is 2. The molecule has 0 spiro atoms. The minimum atomic E-state index is -4.60. The predicted molar refractivity (Wildman–Crippen MR) is 123 cm³/mol. The number of alkyl halides is 7. The van der Waals surface area contributed by atoms with Crippen LogP contribution in [0.3, 0.4) is 0 Å². The van der Waals surface area contributed by atoms with Crippen LogP contribution in [0.15, 0.2) is 47.6 Å². The van der Waals surface area contributed by atoms with Crippen molar-refractivity contribution in [2.75, 3.05) is 4.90 Å². The highest BCUT2D eigenvalue weighted by atomic mass is 35.5. The lowest BCUT2D eigenvalue weighted by Gasteiger charge is -2.41. The fourth-order valence-corrected chi connectivity index (χ4v) is 4.69. The van der Waals surface area contributed by atoms with Gasteiger partial charge in [0.25, 0.3) is 17.4 Å². The van der Waals surface area contributed by atoms with Crippen LogP contribution >= 0.6 is 23.4 Å². The molecular weight excluding hydrogens is 551 g/mol. The highest BCUT2D eigenvalue weighted by Gasteiger charge is 2.48. The average molecular weight is 572 g/mol. The molecule has 2 aromatic rings. The Morgan fingerprint density at radius 1 is 1.16 bits per heavy atom. The van der Waals surface area contributed by atoms with Crippen molar-refractivity contribution in [3.8, 4) is 0 Å². The number of benzene rings is 1. The number of anilines is 1. The lowest BCUT2D eigenvalue weighted by Crippen LogP contribution is -2.60. The molecule has 0 saturated heterocycles. The Hall–Kier alpha value is -2.54. The lowest BCUT2D eigenvalue weighted by molar-refractivity contribution is -0.132. The van der Waals surface area contributed by atoms with Crippen LogP contribution in [0.4, 0.5) is 36.4 Å². The molecule has 5 nitrogen and oxygen atoms in total. The number of nitrogens with one attached hydrogen (secondary N) is 1. The van der Waals surface area contributed by atoms with Gasteiger partial charge in [0.2, 0.25) is 5.92 Å². The van der Waals surface area contributed by atoms with Crippen LogP contribution in [0.25, 0.3) is 0 Å². The summed E-state index contributed by atoms with van der Waals surface area (Å²) in [6.07, 6.45) is 0.702. The minimum absolute atomic E-state index is 0.0885. The molecule has 0 bridgehead atoms. The first-order valence-corrected chi connectivity index (χ1v) is 12.2. The highest BCUT2D eigenvalue weighted by Crippen LogP contribution is 2.40. The van der Waals surface area contributed by atoms with E-state index in [1.807, 2.05) is 0 Å². The van der Waals surface area contributed by atoms with Gasteiger partial charge in [-0.25, -0.2) is 17.6 Å². The van der Waals surface area contributed by atoms with E-state index in [9.17, 15) is 40.3 Å². The number of pyridine rings is 1. The first kappa shape index (κ1) is 29.0. The Kier molecular flexibility index (Phi) is 8.68. The minimum Gasteiger partial charge on any atom is -0.351 e. The Morgan fingerprint density at radius 2 is 1.76 bits per heavy atom. The Bertz CT molecular complexity index is 1120. The fraction of sp³-hybridized carbons (Fsp3) is 0.435. The zero-order valence-corrected chi connectivity index (χ0v) is 20.7. The third-order valence-electron chi connectivity index (χ3n) is 5.94. The van der Waals surface area contributed by atoms with E-state index in [0.29, 0.717) is 4.90 Å². The highest BCUT2D eigenvalue weighted by molar-refractivity contribution is 8.00. The second-order valence-corrected chi connectivity index (χ2v) is 10.1. The van der Waals surface area contributed by atoms with E-state index < -0.39 is 70.9 Å². The van der Waals surface area contributed by atoms with Crippen molar-refractivity contribution in [3.63, 3.8) is 0 Å². The molecule has 1 fully saturated rings. The van der Waals surface area contributed by atoms with E-state index in [0.717, 1.165) is 49.6 Å². The normalized spacial score (nSPS) is 18.5. The van der Waals surface area contributed by atoms with Crippen LogP contribution in [0.5, 0.6) is 0 Å². The number of rotatable bonds is 7. The molecule has 1 aromatic carbocycles. The monoisotopic (exact) mass is 571 g/mol. The SMILES string of the molecule is CC(C(=O)NC1CCC(F)(F)CC1)(c1cncc(F)c1)N(C(=O)[C@H](F)Cl)c1ccc(SC(F)(F)F)cc1. The van der Waals surface area contributed by atoms with Crippen molar-refractivity contribution < 1.29 is 40.3 Å². The summed E-state index contributed by atoms with van der Waals surface area (Å²) in [5, 5.41) is 2.57. The smallest absolute Gasteiger partial charge is 0.351 e. The average Bonchev–Trinajstić information content (AvgIpc) is 2.80. The van der Waals surface area contributed by atoms with Gasteiger partial charge in [0.05, 0.1) is 6.20 Å². The van der Waals surface area contributed by atoms with Crippen molar-refractivity contribution in [3.05, 3.63) is 54.1 Å². The summed E-state index contributed by atoms with van der Waals surface area (Å²) in [6, 6.07) is 4.24. The standard InChI is InChI=1S/C23H21ClF7N3O2S/c1-21(13-10-14(25)12-32-11-13,20(36)33-15-6-8-22(27,28)9-7-15)34(19(35)18(24)26)16-2-4-17(5-3-16)37-23(29,30)31/h2-5,10-12,15,18H,6-9H2,1H3,(H,33,36)/t18-,21?/m0/s1. The van der Waals surface area contributed by atoms with Crippen LogP contribution in [0.1, 0.15) is 38.2 Å². The number of hydrogen-bond donors (Lipinski definition) is 1. The van der Waals surface area contributed by atoms with Gasteiger partial charge in [0.1, 0.15) is 5.82 Å². The molecular formula is C23H21ClF7N3O2S. The number of halogens is 8. The molecule has 202 valence electrons. The molecule has 2 amide bonds. The summed E-state index contributed by atoms with van der Waals surface area (Å²) in [4.78, 5) is 30.6. The van der Waals surface area contributed by atoms with E-state index in [2.05, 4.69) is 10.3 Å². The molecule has 1 heterocycles. The van der Waals surface area contributed by atoms with E-state index in [4.69, 9.17) is 11.6 Å². The largest absolute Gasteiger partial charge is 0.446 e. The van der Waals surface area contributed by atoms with Crippen molar-refractivity contribution in [2.45, 2.75) is 66.1 Å². The van der Waals surface area contributed by atoms with Crippen LogP contribution < -0.4 is 10.2 Å². The number of amides is 2. The third-order valence-corrected chi connectivity index (χ3v) is 6.87. The molecule has 0 aliphatic heterocycles. The third kappa shape index (κ3) is 7.07. The molecule has 0 radical (unpaired) electrons. The fourth-order valence-electron chi connectivity index (χ4n) is 4.05. The van der Waals surface area contributed by atoms with Gasteiger partial charge in [-0.15, -0.1) is 0 Å². The quantitative estimate of drug-likeness (QED) is 0.240. The van der Waals surface area contributed by atoms with Crippen molar-refractivity contribution in [2.24, 2.45) is 0 Å². The van der Waals surface area contributed by atoms with Gasteiger partial charge in [0.15, 0.2) is 5.54 Å². The summed E-state index contributed by atoms with van der Waals surface area (Å²) in [5.41, 5.74) is -9.96. The van der Waals surface area contributed by atoms with Gasteiger partial charge < -0.3 is 5.32 Å². The van der Waals surface area contributed by atoms with Gasteiger partial charge in [-0.3, -0.25) is 19.5 Å². The second kappa shape index (κ2) is 11.1. The van der Waals surface area contributed by atoms with Crippen molar-refractivity contribution in [1.29, 1.82) is 0 Å². The topological polar surface area (TPSA) is 62.3 Å². The van der Waals surface area contributed by atoms with E-state index in [-0.39, 0.29) is 29.0 Å². The first-order valence-electron chi connectivity index (χ1n) is 10.9. The maximum Gasteiger partial charge on any atom is 0.446 e. The van der Waals surface area contributed by atoms with Gasteiger partial charge in [-0.05, 0) is 61.9 Å². The van der Waals surface area contributed by atoms with Gasteiger partial charge in [-0.1, -0.05) is 11.6 Å². The Labute approximate surface area is 216 Å². The lowest BCUT2D eigenvalue weighted by atomic mass is 9.87. The number of thioether (sulfide) groups is 1. The maximum atomic E-state index is 14.2. The summed E-state index contributed by atoms with van der Waals surface area (Å²) >= 11 is 5.00. The zero-order valence-electron chi connectivity index (χ0n) is 19.2. The number of carbonyl (C=O) groups excluding carboxylic acids is 2. The van der Waals surface area contributed by atoms with Crippen molar-refractivity contribution >= 4 is 40.9 Å². The van der Waals surface area contributed by atoms with E-state index in [1.54, 1.807) is 0 Å². The number of aromatic nitrogens is 1. The predicted octanol–water partition coefficient (Wildman–Crippen LogP) is 6.31. The summed E-state index contributed by atoms with van der Waals surface area (Å²) in [5.74, 6) is -6.24. The van der Waals surface area contributed by atoms with Gasteiger partial charge in [-0.2, -0.15) is 13.2 Å². The Balaban J connectivity index is 2.08. The van der Waals surface area contributed by atoms with Gasteiger partial charge >= 0.3 is 5.51 Å². The second-order valence-electron chi connectivity index (χ2n) is 8.58. The zero-order chi connectivity index (χ0) is 27.6. The van der Waals surface area contributed by atoms with Gasteiger partial charge in [0, 0.05) is 41.2 Å². The molecule has 1 aliphatic rings. The first-order chi connectivity index (χ1) is 17.1. The Morgan fingerprint density at radius 3 is 2.27 bits per heavy atom. The maximum absolute atomic E-state index is 14.2. The van der Waals surface area contributed by atoms with Crippen LogP contribution in [-0.2, 0) is 15.1 Å². The van der Waals surface area contributed by atoms with Crippen LogP contribution in [0.2, 0.25) is 0 Å². The number of hydrogen-bond acceptors (Lipinski definition) is 4. The molecule has 1 aliphatic carbocycles. The molecule has 37 heavy (non-hydrogen) atoms. The molecule has 1 saturated carbocycles. The molecule has 1 aromatic heterocycles. The summed E-state index contributed by atoms with van der Waals surface area (Å²) in [7, 11) is 0. The number of carbonyl (C=O) groups is 2. The molecule has 3 rings (SSSR count). The van der Waals surface area contributed by atoms with Crippen molar-refractivity contribution in [1.82, 2.24) is 10.3 Å². The van der Waals surface area contributed by atoms with Crippen LogP contribution in [0, 0.1) is 5.82 Å². The van der Waals surface area contributed by atoms with Crippen LogP contribution in [-0.4, -0.2) is 39.9 Å². The summed E-state index contributed by atoms with van der Waals surface area (Å²) < 4.78 is 93.8. The molecule has 1 unspecified atom stereocenters. The molecule has 2 atom stereocenters. The summed E-state index contributed by atoms with van der Waals surface area (Å²) in [6.45, 7) is 1.14. The molecule has 1 N–H and O–H groups in total.